The molecular formula is C18H20N2O4. The van der Waals surface area contributed by atoms with Gasteiger partial charge in [-0.25, -0.2) is 0 Å². The number of benzene rings is 2. The van der Waals surface area contributed by atoms with Gasteiger partial charge in [-0.1, -0.05) is 12.1 Å². The molecule has 0 fully saturated rings. The zero-order valence-electron chi connectivity index (χ0n) is 13.7. The second-order valence-electron chi connectivity index (χ2n) is 6.09. The fourth-order valence-electron chi connectivity index (χ4n) is 3.25. The molecule has 1 N–H and O–H groups in total. The van der Waals surface area contributed by atoms with Crippen LogP contribution in [0, 0.1) is 10.1 Å². The molecule has 1 atom stereocenters. The standard InChI is InChI=1S/C18H20N2O4/c1-19-8-7-13-10-17(21)18(24-2)11-14(13)9-16(19)12-3-5-15(6-4-12)20(22)23/h3-6,10-11,16,21H,7-9H2,1-2H3. The van der Waals surface area contributed by atoms with E-state index in [-0.39, 0.29) is 22.4 Å². The molecule has 6 nitrogen and oxygen atoms in total. The maximum atomic E-state index is 10.8. The number of rotatable bonds is 3. The molecule has 6 heteroatoms. The summed E-state index contributed by atoms with van der Waals surface area (Å²) in [5.74, 6) is 0.633. The van der Waals surface area contributed by atoms with Crippen molar-refractivity contribution in [2.24, 2.45) is 0 Å². The maximum absolute atomic E-state index is 10.8. The van der Waals surface area contributed by atoms with Crippen molar-refractivity contribution in [1.82, 2.24) is 4.90 Å². The van der Waals surface area contributed by atoms with Gasteiger partial charge in [0.05, 0.1) is 12.0 Å². The SMILES string of the molecule is COc1cc2c(cc1O)CCN(C)C(c1ccc([N+](=O)[O-])cc1)C2. The molecule has 1 heterocycles. The van der Waals surface area contributed by atoms with Crippen molar-refractivity contribution >= 4 is 5.69 Å². The highest BCUT2D eigenvalue weighted by atomic mass is 16.6. The Balaban J connectivity index is 1.95. The molecule has 1 aliphatic rings. The Hall–Kier alpha value is -2.60. The average Bonchev–Trinajstić information content (AvgIpc) is 2.73. The maximum Gasteiger partial charge on any atom is 0.269 e. The summed E-state index contributed by atoms with van der Waals surface area (Å²) in [4.78, 5) is 12.7. The topological polar surface area (TPSA) is 75.8 Å². The van der Waals surface area contributed by atoms with Crippen LogP contribution in [0.4, 0.5) is 5.69 Å². The van der Waals surface area contributed by atoms with Gasteiger partial charge in [0.25, 0.3) is 5.69 Å². The van der Waals surface area contributed by atoms with Gasteiger partial charge in [0, 0.05) is 24.7 Å². The van der Waals surface area contributed by atoms with Gasteiger partial charge in [-0.2, -0.15) is 0 Å². The van der Waals surface area contributed by atoms with Gasteiger partial charge >= 0.3 is 0 Å². The minimum atomic E-state index is -0.385. The Bertz CT molecular complexity index is 758. The number of nitro groups is 1. The monoisotopic (exact) mass is 328 g/mol. The van der Waals surface area contributed by atoms with Crippen LogP contribution in [0.5, 0.6) is 11.5 Å². The first-order chi connectivity index (χ1) is 11.5. The van der Waals surface area contributed by atoms with Gasteiger partial charge < -0.3 is 9.84 Å². The highest BCUT2D eigenvalue weighted by Crippen LogP contribution is 2.35. The van der Waals surface area contributed by atoms with Gasteiger partial charge in [-0.05, 0) is 48.7 Å². The van der Waals surface area contributed by atoms with Crippen molar-refractivity contribution in [2.75, 3.05) is 20.7 Å². The quantitative estimate of drug-likeness (QED) is 0.692. The second-order valence-corrected chi connectivity index (χ2v) is 6.09. The lowest BCUT2D eigenvalue weighted by Gasteiger charge is -2.26. The number of hydrogen-bond donors (Lipinski definition) is 1. The number of hydrogen-bond acceptors (Lipinski definition) is 5. The van der Waals surface area contributed by atoms with Crippen LogP contribution in [-0.2, 0) is 12.8 Å². The summed E-state index contributed by atoms with van der Waals surface area (Å²) in [6.07, 6.45) is 1.60. The number of fused-ring (bicyclic) bond motifs is 1. The summed E-state index contributed by atoms with van der Waals surface area (Å²) in [6.45, 7) is 0.848. The van der Waals surface area contributed by atoms with Crippen LogP contribution in [-0.4, -0.2) is 35.6 Å². The molecule has 0 aliphatic carbocycles. The highest BCUT2D eigenvalue weighted by molar-refractivity contribution is 5.48. The average molecular weight is 328 g/mol. The number of phenols is 1. The van der Waals surface area contributed by atoms with Crippen LogP contribution in [0.2, 0.25) is 0 Å². The third kappa shape index (κ3) is 3.05. The van der Waals surface area contributed by atoms with Gasteiger partial charge in [0.15, 0.2) is 11.5 Å². The van der Waals surface area contributed by atoms with Crippen LogP contribution in [0.15, 0.2) is 36.4 Å². The molecule has 1 unspecified atom stereocenters. The van der Waals surface area contributed by atoms with Crippen LogP contribution in [0.25, 0.3) is 0 Å². The van der Waals surface area contributed by atoms with Crippen molar-refractivity contribution in [1.29, 1.82) is 0 Å². The molecule has 0 amide bonds. The second kappa shape index (κ2) is 6.49. The minimum Gasteiger partial charge on any atom is -0.504 e. The van der Waals surface area contributed by atoms with E-state index in [0.717, 1.165) is 36.1 Å². The normalized spacial score (nSPS) is 17.8. The molecule has 24 heavy (non-hydrogen) atoms. The highest BCUT2D eigenvalue weighted by Gasteiger charge is 2.24. The van der Waals surface area contributed by atoms with E-state index in [9.17, 15) is 15.2 Å². The summed E-state index contributed by atoms with van der Waals surface area (Å²) in [5, 5.41) is 20.8. The molecule has 0 saturated heterocycles. The first kappa shape index (κ1) is 16.3. The smallest absolute Gasteiger partial charge is 0.269 e. The third-order valence-electron chi connectivity index (χ3n) is 4.67. The third-order valence-corrected chi connectivity index (χ3v) is 4.67. The van der Waals surface area contributed by atoms with E-state index in [1.54, 1.807) is 18.2 Å². The molecule has 0 spiro atoms. The molecule has 126 valence electrons. The van der Waals surface area contributed by atoms with Gasteiger partial charge in [-0.15, -0.1) is 0 Å². The van der Waals surface area contributed by atoms with E-state index >= 15 is 0 Å². The minimum absolute atomic E-state index is 0.0991. The number of nitrogens with zero attached hydrogens (tertiary/aromatic N) is 2. The van der Waals surface area contributed by atoms with E-state index in [4.69, 9.17) is 4.74 Å². The molecule has 2 aromatic carbocycles. The largest absolute Gasteiger partial charge is 0.504 e. The summed E-state index contributed by atoms with van der Waals surface area (Å²) in [5.41, 5.74) is 3.40. The van der Waals surface area contributed by atoms with Crippen molar-refractivity contribution in [3.8, 4) is 11.5 Å². The first-order valence-corrected chi connectivity index (χ1v) is 7.83. The molecule has 3 rings (SSSR count). The fourth-order valence-corrected chi connectivity index (χ4v) is 3.25. The number of ether oxygens (including phenoxy) is 1. The Morgan fingerprint density at radius 2 is 1.96 bits per heavy atom. The lowest BCUT2D eigenvalue weighted by Crippen LogP contribution is -2.26. The number of methoxy groups -OCH3 is 1. The molecule has 0 radical (unpaired) electrons. The lowest BCUT2D eigenvalue weighted by molar-refractivity contribution is -0.384. The summed E-state index contributed by atoms with van der Waals surface area (Å²) >= 11 is 0. The van der Waals surface area contributed by atoms with Crippen molar-refractivity contribution in [2.45, 2.75) is 18.9 Å². The van der Waals surface area contributed by atoms with Gasteiger partial charge in [0.2, 0.25) is 0 Å². The predicted octanol–water partition coefficient (Wildman–Crippen LogP) is 3.08. The molecule has 0 bridgehead atoms. The van der Waals surface area contributed by atoms with E-state index in [1.165, 1.54) is 7.11 Å². The Morgan fingerprint density at radius 1 is 1.25 bits per heavy atom. The molecule has 0 aromatic heterocycles. The molecular weight excluding hydrogens is 308 g/mol. The van der Waals surface area contributed by atoms with Crippen LogP contribution < -0.4 is 4.74 Å². The van der Waals surface area contributed by atoms with E-state index in [1.807, 2.05) is 18.2 Å². The number of non-ortho nitro benzene ring substituents is 1. The Morgan fingerprint density at radius 3 is 2.58 bits per heavy atom. The van der Waals surface area contributed by atoms with E-state index in [2.05, 4.69) is 11.9 Å². The van der Waals surface area contributed by atoms with E-state index < -0.39 is 0 Å². The molecule has 0 saturated carbocycles. The van der Waals surface area contributed by atoms with Crippen LogP contribution in [0.1, 0.15) is 22.7 Å². The Labute approximate surface area is 140 Å². The van der Waals surface area contributed by atoms with Gasteiger partial charge in [0.1, 0.15) is 0 Å². The first-order valence-electron chi connectivity index (χ1n) is 7.83. The van der Waals surface area contributed by atoms with Gasteiger partial charge in [-0.3, -0.25) is 15.0 Å². The van der Waals surface area contributed by atoms with Crippen LogP contribution >= 0.6 is 0 Å². The summed E-state index contributed by atoms with van der Waals surface area (Å²) in [6, 6.07) is 10.5. The van der Waals surface area contributed by atoms with Crippen molar-refractivity contribution in [3.63, 3.8) is 0 Å². The van der Waals surface area contributed by atoms with Crippen LogP contribution in [0.3, 0.4) is 0 Å². The lowest BCUT2D eigenvalue weighted by atomic mass is 9.95. The fraction of sp³-hybridized carbons (Fsp3) is 0.333. The zero-order valence-corrected chi connectivity index (χ0v) is 13.7. The predicted molar refractivity (Wildman–Crippen MR) is 90.5 cm³/mol. The Kier molecular flexibility index (Phi) is 4.40. The van der Waals surface area contributed by atoms with Crippen molar-refractivity contribution in [3.05, 3.63) is 63.2 Å². The number of nitro benzene ring substituents is 1. The molecule has 2 aromatic rings. The zero-order chi connectivity index (χ0) is 17.3. The summed E-state index contributed by atoms with van der Waals surface area (Å²) in [7, 11) is 3.59. The molecule has 1 aliphatic heterocycles. The van der Waals surface area contributed by atoms with E-state index in [0.29, 0.717) is 5.75 Å². The number of likely N-dealkylation sites (N-methyl/N-ethyl adjacent to an activating group) is 1. The summed E-state index contributed by atoms with van der Waals surface area (Å²) < 4.78 is 5.22. The number of aromatic hydroxyl groups is 1. The number of phenolic OH excluding ortho intramolecular Hbond substituents is 1. The van der Waals surface area contributed by atoms with Crippen molar-refractivity contribution < 1.29 is 14.8 Å².